The first-order valence-corrected chi connectivity index (χ1v) is 10.8. The predicted octanol–water partition coefficient (Wildman–Crippen LogP) is 5.59. The lowest BCUT2D eigenvalue weighted by molar-refractivity contribution is -0.903. The normalized spacial score (nSPS) is 10.8. The highest BCUT2D eigenvalue weighted by Gasteiger charge is 2.15. The number of aromatic hydroxyl groups is 1. The molecule has 0 unspecified atom stereocenters. The van der Waals surface area contributed by atoms with Crippen LogP contribution in [0.4, 0.5) is 0 Å². The maximum Gasteiger partial charge on any atom is 0.339 e. The Kier molecular flexibility index (Phi) is 8.06. The Morgan fingerprint density at radius 1 is 0.818 bits per heavy atom. The van der Waals surface area contributed by atoms with Crippen molar-refractivity contribution in [1.82, 2.24) is 0 Å². The molecule has 0 saturated heterocycles. The Hall–Kier alpha value is -3.83. The number of carboxylic acids is 1. The van der Waals surface area contributed by atoms with E-state index in [4.69, 9.17) is 9.84 Å². The van der Waals surface area contributed by atoms with E-state index in [1.807, 2.05) is 42.5 Å². The molecule has 5 nitrogen and oxygen atoms in total. The molecule has 0 saturated carbocycles. The number of rotatable bonds is 7. The third kappa shape index (κ3) is 7.09. The fourth-order valence-corrected chi connectivity index (χ4v) is 3.51. The van der Waals surface area contributed by atoms with Gasteiger partial charge in [-0.25, -0.2) is 4.79 Å². The topological polar surface area (TPSA) is 66.8 Å². The van der Waals surface area contributed by atoms with Crippen LogP contribution < -0.4 is 4.74 Å². The van der Waals surface area contributed by atoms with E-state index >= 15 is 0 Å². The number of likely N-dealkylation sites (N-methyl/N-ethyl adjacent to an activating group) is 1. The number of fused-ring (bicyclic) bond motifs is 1. The summed E-state index contributed by atoms with van der Waals surface area (Å²) in [6.07, 6.45) is 0. The highest BCUT2D eigenvalue weighted by molar-refractivity contribution is 6.00. The molecule has 4 rings (SSSR count). The molecule has 0 atom stereocenters. The van der Waals surface area contributed by atoms with E-state index in [2.05, 4.69) is 44.4 Å². The molecule has 0 spiro atoms. The molecule has 0 aliphatic heterocycles. The second-order valence-electron chi connectivity index (χ2n) is 8.45. The van der Waals surface area contributed by atoms with Crippen molar-refractivity contribution in [3.8, 4) is 11.5 Å². The SMILES string of the molecule is C[N+](C)(CCOc1ccccc1)Cc1ccccc1.O=C(O)c1ccc2ccccc2c1O. The average molecular weight is 445 g/mol. The summed E-state index contributed by atoms with van der Waals surface area (Å²) in [5, 5.41) is 19.8. The van der Waals surface area contributed by atoms with Gasteiger partial charge in [0.1, 0.15) is 36.8 Å². The molecule has 0 fully saturated rings. The Morgan fingerprint density at radius 3 is 2.09 bits per heavy atom. The van der Waals surface area contributed by atoms with Gasteiger partial charge in [-0.3, -0.25) is 0 Å². The number of aromatic carboxylic acids is 1. The number of benzene rings is 4. The van der Waals surface area contributed by atoms with Gasteiger partial charge >= 0.3 is 5.97 Å². The van der Waals surface area contributed by atoms with Crippen molar-refractivity contribution < 1.29 is 24.2 Å². The molecule has 4 aromatic carbocycles. The second kappa shape index (κ2) is 11.2. The molecule has 0 radical (unpaired) electrons. The summed E-state index contributed by atoms with van der Waals surface area (Å²) in [6, 6.07) is 30.8. The van der Waals surface area contributed by atoms with Crippen molar-refractivity contribution in [3.63, 3.8) is 0 Å². The maximum absolute atomic E-state index is 10.7. The third-order valence-electron chi connectivity index (χ3n) is 5.29. The van der Waals surface area contributed by atoms with Crippen LogP contribution in [0.5, 0.6) is 11.5 Å². The highest BCUT2D eigenvalue weighted by atomic mass is 16.5. The van der Waals surface area contributed by atoms with Crippen molar-refractivity contribution in [1.29, 1.82) is 0 Å². The van der Waals surface area contributed by atoms with Crippen molar-refractivity contribution in [2.45, 2.75) is 6.54 Å². The zero-order valence-corrected chi connectivity index (χ0v) is 19.0. The van der Waals surface area contributed by atoms with Crippen LogP contribution >= 0.6 is 0 Å². The van der Waals surface area contributed by atoms with Gasteiger partial charge in [0.15, 0.2) is 0 Å². The average Bonchev–Trinajstić information content (AvgIpc) is 2.81. The minimum Gasteiger partial charge on any atom is -0.506 e. The predicted molar refractivity (Wildman–Crippen MR) is 132 cm³/mol. The van der Waals surface area contributed by atoms with Crippen LogP contribution in [-0.4, -0.2) is 47.9 Å². The summed E-state index contributed by atoms with van der Waals surface area (Å²) in [5.74, 6) is -0.342. The van der Waals surface area contributed by atoms with Gasteiger partial charge < -0.3 is 19.4 Å². The summed E-state index contributed by atoms with van der Waals surface area (Å²) in [7, 11) is 4.47. The molecule has 33 heavy (non-hydrogen) atoms. The number of carbonyl (C=O) groups is 1. The number of carboxylic acid groups (broad SMARTS) is 1. The van der Waals surface area contributed by atoms with Gasteiger partial charge in [-0.1, -0.05) is 78.9 Å². The summed E-state index contributed by atoms with van der Waals surface area (Å²) in [5.41, 5.74) is 1.30. The largest absolute Gasteiger partial charge is 0.506 e. The van der Waals surface area contributed by atoms with Crippen molar-refractivity contribution in [2.75, 3.05) is 27.2 Å². The summed E-state index contributed by atoms with van der Waals surface area (Å²) < 4.78 is 6.69. The number of hydrogen-bond donors (Lipinski definition) is 2. The molecule has 0 aromatic heterocycles. The summed E-state index contributed by atoms with van der Waals surface area (Å²) >= 11 is 0. The molecule has 0 heterocycles. The van der Waals surface area contributed by atoms with Gasteiger partial charge in [-0.15, -0.1) is 0 Å². The fourth-order valence-electron chi connectivity index (χ4n) is 3.51. The lowest BCUT2D eigenvalue weighted by atomic mass is 10.1. The van der Waals surface area contributed by atoms with Crippen LogP contribution in [0.3, 0.4) is 0 Å². The first-order chi connectivity index (χ1) is 15.9. The zero-order valence-electron chi connectivity index (χ0n) is 19.0. The Labute approximate surface area is 194 Å². The number of para-hydroxylation sites is 1. The van der Waals surface area contributed by atoms with E-state index in [9.17, 15) is 9.90 Å². The standard InChI is InChI=1S/C17H22NO.C11H8O3/c1-18(2,15-16-9-5-3-6-10-16)13-14-19-17-11-7-4-8-12-17;12-10-8-4-2-1-3-7(8)5-6-9(10)11(13)14/h3-12H,13-15H2,1-2H3;1-6,12H,(H,13,14)/q+1;. The number of hydrogen-bond acceptors (Lipinski definition) is 3. The molecule has 170 valence electrons. The third-order valence-corrected chi connectivity index (χ3v) is 5.29. The van der Waals surface area contributed by atoms with Crippen LogP contribution in [0.25, 0.3) is 10.8 Å². The van der Waals surface area contributed by atoms with E-state index in [1.165, 1.54) is 11.6 Å². The summed E-state index contributed by atoms with van der Waals surface area (Å²) in [4.78, 5) is 10.7. The molecular weight excluding hydrogens is 414 g/mol. The molecule has 5 heteroatoms. The Morgan fingerprint density at radius 2 is 1.42 bits per heavy atom. The van der Waals surface area contributed by atoms with Crippen LogP contribution in [-0.2, 0) is 6.54 Å². The minimum absolute atomic E-state index is 0.0660. The molecular formula is C28H30NO4+. The lowest BCUT2D eigenvalue weighted by Crippen LogP contribution is -2.41. The Balaban J connectivity index is 0.000000194. The minimum atomic E-state index is -1.12. The van der Waals surface area contributed by atoms with Crippen LogP contribution in [0, 0.1) is 0 Å². The van der Waals surface area contributed by atoms with Gasteiger partial charge in [0.25, 0.3) is 0 Å². The van der Waals surface area contributed by atoms with E-state index in [1.54, 1.807) is 18.2 Å². The fraction of sp³-hybridized carbons (Fsp3) is 0.179. The van der Waals surface area contributed by atoms with E-state index in [-0.39, 0.29) is 11.3 Å². The molecule has 2 N–H and O–H groups in total. The molecule has 0 bridgehead atoms. The van der Waals surface area contributed by atoms with Crippen LogP contribution in [0.1, 0.15) is 15.9 Å². The molecule has 0 amide bonds. The monoisotopic (exact) mass is 444 g/mol. The van der Waals surface area contributed by atoms with Crippen molar-refractivity contribution >= 4 is 16.7 Å². The van der Waals surface area contributed by atoms with Gasteiger partial charge in [0.05, 0.1) is 14.1 Å². The first-order valence-electron chi connectivity index (χ1n) is 10.8. The maximum atomic E-state index is 10.7. The molecule has 0 aliphatic rings. The highest BCUT2D eigenvalue weighted by Crippen LogP contribution is 2.28. The molecule has 0 aliphatic carbocycles. The van der Waals surface area contributed by atoms with Gasteiger partial charge in [0.2, 0.25) is 0 Å². The second-order valence-corrected chi connectivity index (χ2v) is 8.45. The zero-order chi connectivity index (χ0) is 23.7. The van der Waals surface area contributed by atoms with Gasteiger partial charge in [-0.05, 0) is 23.6 Å². The molecule has 4 aromatic rings. The van der Waals surface area contributed by atoms with Crippen LogP contribution in [0.15, 0.2) is 97.1 Å². The first kappa shape index (κ1) is 23.8. The van der Waals surface area contributed by atoms with Crippen LogP contribution in [0.2, 0.25) is 0 Å². The van der Waals surface area contributed by atoms with Gasteiger partial charge in [0, 0.05) is 10.9 Å². The number of phenols is 1. The smallest absolute Gasteiger partial charge is 0.339 e. The summed E-state index contributed by atoms with van der Waals surface area (Å²) in [6.45, 7) is 2.76. The number of ether oxygens (including phenoxy) is 1. The number of nitrogens with zero attached hydrogens (tertiary/aromatic N) is 1. The van der Waals surface area contributed by atoms with E-state index in [0.29, 0.717) is 5.39 Å². The Bertz CT molecular complexity index is 1170. The van der Waals surface area contributed by atoms with Crippen molar-refractivity contribution in [3.05, 3.63) is 108 Å². The van der Waals surface area contributed by atoms with E-state index < -0.39 is 5.97 Å². The lowest BCUT2D eigenvalue weighted by Gasteiger charge is -2.29. The van der Waals surface area contributed by atoms with E-state index in [0.717, 1.165) is 35.3 Å². The van der Waals surface area contributed by atoms with Gasteiger partial charge in [-0.2, -0.15) is 0 Å². The quantitative estimate of drug-likeness (QED) is 0.365. The number of quaternary nitrogens is 1. The van der Waals surface area contributed by atoms with Crippen molar-refractivity contribution in [2.24, 2.45) is 0 Å².